The lowest BCUT2D eigenvalue weighted by atomic mass is 10.2. The monoisotopic (exact) mass is 338 g/mol. The molecule has 1 amide bonds. The molecule has 0 saturated heterocycles. The van der Waals surface area contributed by atoms with E-state index in [2.05, 4.69) is 15.3 Å². The number of carbonyl (C=O) groups excluding carboxylic acids is 1. The van der Waals surface area contributed by atoms with E-state index in [9.17, 15) is 4.79 Å². The quantitative estimate of drug-likeness (QED) is 0.789. The number of amides is 1. The summed E-state index contributed by atoms with van der Waals surface area (Å²) in [5.41, 5.74) is 1.57. The minimum absolute atomic E-state index is 0.210. The molecular formula is C17H11ClN4O2. The molecular weight excluding hydrogens is 328 g/mol. The van der Waals surface area contributed by atoms with Gasteiger partial charge < -0.3 is 10.1 Å². The van der Waals surface area contributed by atoms with Gasteiger partial charge in [0.25, 0.3) is 5.91 Å². The molecule has 118 valence electrons. The van der Waals surface area contributed by atoms with Crippen molar-refractivity contribution in [2.75, 3.05) is 11.9 Å². The fraction of sp³-hybridized carbons (Fsp3) is 0.0588. The van der Waals surface area contributed by atoms with Gasteiger partial charge in [0.1, 0.15) is 12.4 Å². The second kappa shape index (κ2) is 6.94. The Hall–Kier alpha value is -3.17. The zero-order chi connectivity index (χ0) is 16.9. The zero-order valence-corrected chi connectivity index (χ0v) is 13.1. The van der Waals surface area contributed by atoms with Gasteiger partial charge in [-0.05, 0) is 30.3 Å². The summed E-state index contributed by atoms with van der Waals surface area (Å²) in [6.07, 6.45) is 1.38. The van der Waals surface area contributed by atoms with E-state index in [1.54, 1.807) is 6.07 Å². The molecule has 3 aromatic rings. The first-order valence-electron chi connectivity index (χ1n) is 6.99. The summed E-state index contributed by atoms with van der Waals surface area (Å²) in [6.45, 7) is -0.210. The van der Waals surface area contributed by atoms with Crippen molar-refractivity contribution in [2.45, 2.75) is 0 Å². The second-order valence-corrected chi connectivity index (χ2v) is 5.25. The van der Waals surface area contributed by atoms with Gasteiger partial charge in [0.05, 0.1) is 21.5 Å². The van der Waals surface area contributed by atoms with Gasteiger partial charge in [-0.1, -0.05) is 23.7 Å². The van der Waals surface area contributed by atoms with E-state index in [0.717, 1.165) is 10.9 Å². The first kappa shape index (κ1) is 15.7. The highest BCUT2D eigenvalue weighted by Gasteiger charge is 2.09. The highest BCUT2D eigenvalue weighted by atomic mass is 35.5. The molecule has 0 spiro atoms. The van der Waals surface area contributed by atoms with Crippen LogP contribution in [0.5, 0.6) is 5.88 Å². The van der Waals surface area contributed by atoms with Crippen LogP contribution in [0.1, 0.15) is 5.56 Å². The van der Waals surface area contributed by atoms with Crippen LogP contribution in [0.3, 0.4) is 0 Å². The van der Waals surface area contributed by atoms with Gasteiger partial charge in [0.15, 0.2) is 6.61 Å². The van der Waals surface area contributed by atoms with Crippen molar-refractivity contribution in [1.82, 2.24) is 9.97 Å². The number of ether oxygens (including phenoxy) is 1. The number of carbonyl (C=O) groups is 1. The minimum Gasteiger partial charge on any atom is -0.467 e. The van der Waals surface area contributed by atoms with E-state index in [4.69, 9.17) is 21.6 Å². The molecule has 2 aromatic carbocycles. The van der Waals surface area contributed by atoms with Crippen molar-refractivity contribution in [3.05, 3.63) is 59.4 Å². The fourth-order valence-corrected chi connectivity index (χ4v) is 2.33. The Morgan fingerprint density at radius 2 is 2.08 bits per heavy atom. The molecule has 0 aliphatic carbocycles. The van der Waals surface area contributed by atoms with Gasteiger partial charge in [-0.15, -0.1) is 0 Å². The van der Waals surface area contributed by atoms with Crippen LogP contribution in [0, 0.1) is 11.3 Å². The van der Waals surface area contributed by atoms with Crippen molar-refractivity contribution >= 4 is 34.1 Å². The molecule has 24 heavy (non-hydrogen) atoms. The molecule has 0 atom stereocenters. The third-order valence-electron chi connectivity index (χ3n) is 3.22. The van der Waals surface area contributed by atoms with Gasteiger partial charge in [-0.2, -0.15) is 5.26 Å². The zero-order valence-electron chi connectivity index (χ0n) is 12.4. The topological polar surface area (TPSA) is 87.9 Å². The third-order valence-corrected chi connectivity index (χ3v) is 3.53. The van der Waals surface area contributed by atoms with Gasteiger partial charge in [-0.3, -0.25) is 4.79 Å². The van der Waals surface area contributed by atoms with Crippen molar-refractivity contribution in [1.29, 1.82) is 5.26 Å². The molecule has 0 aliphatic heterocycles. The number of hydrogen-bond acceptors (Lipinski definition) is 5. The van der Waals surface area contributed by atoms with Crippen LogP contribution in [-0.2, 0) is 4.79 Å². The predicted molar refractivity (Wildman–Crippen MR) is 89.8 cm³/mol. The number of para-hydroxylation sites is 1. The maximum atomic E-state index is 12.0. The van der Waals surface area contributed by atoms with Crippen molar-refractivity contribution in [3.8, 4) is 11.9 Å². The lowest BCUT2D eigenvalue weighted by molar-refractivity contribution is -0.118. The van der Waals surface area contributed by atoms with E-state index in [0.29, 0.717) is 17.1 Å². The maximum Gasteiger partial charge on any atom is 0.262 e. The smallest absolute Gasteiger partial charge is 0.262 e. The number of halogens is 1. The average Bonchev–Trinajstić information content (AvgIpc) is 2.60. The predicted octanol–water partition coefficient (Wildman–Crippen LogP) is 3.17. The standard InChI is InChI=1S/C17H11ClN4O2/c18-14-7-12(6-5-11(14)8-19)22-16(23)9-24-17-13-3-1-2-4-15(13)20-10-21-17/h1-7,10H,9H2,(H,22,23). The van der Waals surface area contributed by atoms with Crippen molar-refractivity contribution < 1.29 is 9.53 Å². The van der Waals surface area contributed by atoms with Crippen molar-refractivity contribution in [3.63, 3.8) is 0 Å². The Morgan fingerprint density at radius 3 is 2.88 bits per heavy atom. The number of anilines is 1. The van der Waals surface area contributed by atoms with E-state index in [1.807, 2.05) is 30.3 Å². The lowest BCUT2D eigenvalue weighted by Gasteiger charge is -2.09. The summed E-state index contributed by atoms with van der Waals surface area (Å²) in [4.78, 5) is 20.2. The molecule has 3 rings (SSSR count). The highest BCUT2D eigenvalue weighted by molar-refractivity contribution is 6.32. The molecule has 1 aromatic heterocycles. The molecule has 7 heteroatoms. The molecule has 1 heterocycles. The molecule has 0 bridgehead atoms. The molecule has 0 unspecified atom stereocenters. The number of hydrogen-bond donors (Lipinski definition) is 1. The SMILES string of the molecule is N#Cc1ccc(NC(=O)COc2ncnc3ccccc23)cc1Cl. The van der Waals surface area contributed by atoms with Crippen LogP contribution in [0.15, 0.2) is 48.8 Å². The minimum atomic E-state index is -0.363. The Morgan fingerprint density at radius 1 is 1.25 bits per heavy atom. The largest absolute Gasteiger partial charge is 0.467 e. The fourth-order valence-electron chi connectivity index (χ4n) is 2.11. The lowest BCUT2D eigenvalue weighted by Crippen LogP contribution is -2.20. The molecule has 6 nitrogen and oxygen atoms in total. The summed E-state index contributed by atoms with van der Waals surface area (Å²) >= 11 is 5.93. The number of nitrogens with one attached hydrogen (secondary N) is 1. The molecule has 0 aliphatic rings. The Labute approximate surface area is 142 Å². The number of benzene rings is 2. The Kier molecular flexibility index (Phi) is 4.54. The number of nitriles is 1. The van der Waals surface area contributed by atoms with Crippen LogP contribution in [-0.4, -0.2) is 22.5 Å². The van der Waals surface area contributed by atoms with E-state index >= 15 is 0 Å². The van der Waals surface area contributed by atoms with Crippen LogP contribution < -0.4 is 10.1 Å². The number of fused-ring (bicyclic) bond motifs is 1. The number of rotatable bonds is 4. The first-order valence-corrected chi connectivity index (χ1v) is 7.37. The summed E-state index contributed by atoms with van der Waals surface area (Å²) in [6, 6.07) is 14.0. The van der Waals surface area contributed by atoms with Crippen molar-refractivity contribution in [2.24, 2.45) is 0 Å². The maximum absolute atomic E-state index is 12.0. The highest BCUT2D eigenvalue weighted by Crippen LogP contribution is 2.21. The van der Waals surface area contributed by atoms with E-state index in [-0.39, 0.29) is 17.5 Å². The molecule has 0 fully saturated rings. The van der Waals surface area contributed by atoms with Crippen LogP contribution in [0.25, 0.3) is 10.9 Å². The van der Waals surface area contributed by atoms with Crippen LogP contribution >= 0.6 is 11.6 Å². The summed E-state index contributed by atoms with van der Waals surface area (Å²) in [7, 11) is 0. The molecule has 0 saturated carbocycles. The normalized spacial score (nSPS) is 10.2. The van der Waals surface area contributed by atoms with Crippen LogP contribution in [0.4, 0.5) is 5.69 Å². The Balaban J connectivity index is 1.67. The second-order valence-electron chi connectivity index (χ2n) is 4.84. The number of nitrogens with zero attached hydrogens (tertiary/aromatic N) is 3. The van der Waals surface area contributed by atoms with Gasteiger partial charge in [0, 0.05) is 5.69 Å². The summed E-state index contributed by atoms with van der Waals surface area (Å²) in [5, 5.41) is 12.5. The third kappa shape index (κ3) is 3.42. The average molecular weight is 339 g/mol. The first-order chi connectivity index (χ1) is 11.7. The number of aromatic nitrogens is 2. The van der Waals surface area contributed by atoms with Gasteiger partial charge in [0.2, 0.25) is 5.88 Å². The molecule has 0 radical (unpaired) electrons. The molecule has 1 N–H and O–H groups in total. The van der Waals surface area contributed by atoms with Crippen LogP contribution in [0.2, 0.25) is 5.02 Å². The van der Waals surface area contributed by atoms with E-state index in [1.165, 1.54) is 18.5 Å². The van der Waals surface area contributed by atoms with Gasteiger partial charge >= 0.3 is 0 Å². The van der Waals surface area contributed by atoms with Gasteiger partial charge in [-0.25, -0.2) is 9.97 Å². The summed E-state index contributed by atoms with van der Waals surface area (Å²) < 4.78 is 5.48. The summed E-state index contributed by atoms with van der Waals surface area (Å²) in [5.74, 6) is -0.0212. The Bertz CT molecular complexity index is 947. The van der Waals surface area contributed by atoms with E-state index < -0.39 is 0 Å².